The van der Waals surface area contributed by atoms with Gasteiger partial charge in [0, 0.05) is 18.1 Å². The molecule has 0 bridgehead atoms. The molecule has 1 atom stereocenters. The van der Waals surface area contributed by atoms with E-state index in [-0.39, 0.29) is 5.91 Å². The number of halogens is 1. The number of benzene rings is 1. The monoisotopic (exact) mass is 295 g/mol. The van der Waals surface area contributed by atoms with E-state index in [2.05, 4.69) is 0 Å². The van der Waals surface area contributed by atoms with E-state index in [9.17, 15) is 4.79 Å². The van der Waals surface area contributed by atoms with Gasteiger partial charge in [-0.25, -0.2) is 0 Å². The fourth-order valence-corrected chi connectivity index (χ4v) is 2.71. The summed E-state index contributed by atoms with van der Waals surface area (Å²) >= 11 is 6.14. The Hall–Kier alpha value is -1.22. The number of aryl methyl sites for hydroxylation is 2. The topological polar surface area (TPSA) is 29.5 Å². The summed E-state index contributed by atoms with van der Waals surface area (Å²) in [7, 11) is 0. The maximum absolute atomic E-state index is 12.3. The average molecular weight is 296 g/mol. The first-order chi connectivity index (χ1) is 9.49. The Morgan fingerprint density at radius 2 is 1.75 bits per heavy atom. The van der Waals surface area contributed by atoms with Crippen LogP contribution in [0.1, 0.15) is 37.3 Å². The Morgan fingerprint density at radius 3 is 2.30 bits per heavy atom. The molecule has 1 amide bonds. The Kier molecular flexibility index (Phi) is 4.92. The van der Waals surface area contributed by atoms with Crippen molar-refractivity contribution in [2.45, 2.75) is 46.1 Å². The first-order valence-corrected chi connectivity index (χ1v) is 7.59. The van der Waals surface area contributed by atoms with Gasteiger partial charge in [-0.15, -0.1) is 0 Å². The number of carbonyl (C=O) groups is 1. The van der Waals surface area contributed by atoms with Crippen molar-refractivity contribution >= 4 is 17.5 Å². The molecule has 1 aliphatic rings. The van der Waals surface area contributed by atoms with E-state index in [1.54, 1.807) is 0 Å². The third kappa shape index (κ3) is 3.45. The van der Waals surface area contributed by atoms with E-state index >= 15 is 0 Å². The SMILES string of the molecule is Cc1cc(O[C@H](C)C(=O)N2CCCCC2)cc(C)c1Cl. The number of ether oxygens (including phenoxy) is 1. The van der Waals surface area contributed by atoms with Gasteiger partial charge in [0.1, 0.15) is 5.75 Å². The summed E-state index contributed by atoms with van der Waals surface area (Å²) in [5.41, 5.74) is 1.94. The minimum atomic E-state index is -0.451. The summed E-state index contributed by atoms with van der Waals surface area (Å²) in [5.74, 6) is 0.789. The lowest BCUT2D eigenvalue weighted by atomic mass is 10.1. The van der Waals surface area contributed by atoms with Gasteiger partial charge in [-0.3, -0.25) is 4.79 Å². The predicted octanol–water partition coefficient (Wildman–Crippen LogP) is 3.74. The van der Waals surface area contributed by atoms with Crippen LogP contribution >= 0.6 is 11.6 Å². The van der Waals surface area contributed by atoms with Crippen LogP contribution < -0.4 is 4.74 Å². The summed E-state index contributed by atoms with van der Waals surface area (Å²) in [6, 6.07) is 3.77. The molecular formula is C16H22ClNO2. The zero-order valence-corrected chi connectivity index (χ0v) is 13.2. The Bertz CT molecular complexity index is 472. The fourth-order valence-electron chi connectivity index (χ4n) is 2.60. The number of nitrogens with zero attached hydrogens (tertiary/aromatic N) is 1. The highest BCUT2D eigenvalue weighted by molar-refractivity contribution is 6.32. The van der Waals surface area contributed by atoms with Gasteiger partial charge in [-0.1, -0.05) is 11.6 Å². The van der Waals surface area contributed by atoms with E-state index < -0.39 is 6.10 Å². The Morgan fingerprint density at radius 1 is 1.20 bits per heavy atom. The molecule has 0 spiro atoms. The quantitative estimate of drug-likeness (QED) is 0.850. The minimum absolute atomic E-state index is 0.0787. The molecule has 1 aromatic rings. The van der Waals surface area contributed by atoms with Gasteiger partial charge in [-0.2, -0.15) is 0 Å². The van der Waals surface area contributed by atoms with Crippen molar-refractivity contribution in [3.63, 3.8) is 0 Å². The molecule has 0 N–H and O–H groups in total. The van der Waals surface area contributed by atoms with Crippen molar-refractivity contribution in [1.82, 2.24) is 4.90 Å². The molecule has 2 rings (SSSR count). The number of piperidine rings is 1. The first kappa shape index (κ1) is 15.2. The molecule has 20 heavy (non-hydrogen) atoms. The van der Waals surface area contributed by atoms with Gasteiger partial charge in [0.25, 0.3) is 5.91 Å². The van der Waals surface area contributed by atoms with Crippen LogP contribution in [0.15, 0.2) is 12.1 Å². The van der Waals surface area contributed by atoms with Crippen molar-refractivity contribution in [1.29, 1.82) is 0 Å². The molecule has 1 fully saturated rings. The highest BCUT2D eigenvalue weighted by Gasteiger charge is 2.23. The summed E-state index contributed by atoms with van der Waals surface area (Å²) in [4.78, 5) is 14.2. The van der Waals surface area contributed by atoms with E-state index in [0.29, 0.717) is 5.75 Å². The zero-order valence-electron chi connectivity index (χ0n) is 12.4. The molecule has 0 aromatic heterocycles. The summed E-state index contributed by atoms with van der Waals surface area (Å²) in [5, 5.41) is 0.757. The molecule has 4 heteroatoms. The van der Waals surface area contributed by atoms with Gasteiger partial charge < -0.3 is 9.64 Å². The smallest absolute Gasteiger partial charge is 0.263 e. The highest BCUT2D eigenvalue weighted by Crippen LogP contribution is 2.26. The number of hydrogen-bond donors (Lipinski definition) is 0. The van der Waals surface area contributed by atoms with Crippen LogP contribution in [-0.2, 0) is 4.79 Å². The second-order valence-corrected chi connectivity index (χ2v) is 5.90. The van der Waals surface area contributed by atoms with Crippen LogP contribution in [-0.4, -0.2) is 30.0 Å². The lowest BCUT2D eigenvalue weighted by Crippen LogP contribution is -2.43. The highest BCUT2D eigenvalue weighted by atomic mass is 35.5. The van der Waals surface area contributed by atoms with E-state index in [1.807, 2.05) is 37.8 Å². The van der Waals surface area contributed by atoms with Crippen LogP contribution in [0.5, 0.6) is 5.75 Å². The van der Waals surface area contributed by atoms with Crippen molar-refractivity contribution in [2.75, 3.05) is 13.1 Å². The summed E-state index contributed by atoms with van der Waals surface area (Å²) in [6.45, 7) is 7.41. The number of amides is 1. The number of carbonyl (C=O) groups excluding carboxylic acids is 1. The molecule has 1 aliphatic heterocycles. The molecule has 0 aliphatic carbocycles. The lowest BCUT2D eigenvalue weighted by molar-refractivity contribution is -0.138. The predicted molar refractivity (Wildman–Crippen MR) is 81.4 cm³/mol. The molecule has 1 saturated heterocycles. The maximum Gasteiger partial charge on any atom is 0.263 e. The van der Waals surface area contributed by atoms with Crippen LogP contribution in [0.3, 0.4) is 0 Å². The van der Waals surface area contributed by atoms with Crippen molar-refractivity contribution in [3.05, 3.63) is 28.3 Å². The minimum Gasteiger partial charge on any atom is -0.481 e. The standard InChI is InChI=1S/C16H22ClNO2/c1-11-9-14(10-12(2)15(11)17)20-13(3)16(19)18-7-5-4-6-8-18/h9-10,13H,4-8H2,1-3H3/t13-/m1/s1. The Balaban J connectivity index is 2.03. The molecular weight excluding hydrogens is 274 g/mol. The fraction of sp³-hybridized carbons (Fsp3) is 0.562. The lowest BCUT2D eigenvalue weighted by Gasteiger charge is -2.29. The van der Waals surface area contributed by atoms with Crippen molar-refractivity contribution < 1.29 is 9.53 Å². The molecule has 0 radical (unpaired) electrons. The third-order valence-electron chi connectivity index (χ3n) is 3.74. The van der Waals surface area contributed by atoms with Crippen LogP contribution in [0.25, 0.3) is 0 Å². The zero-order chi connectivity index (χ0) is 14.7. The van der Waals surface area contributed by atoms with Crippen LogP contribution in [0, 0.1) is 13.8 Å². The van der Waals surface area contributed by atoms with E-state index in [4.69, 9.17) is 16.3 Å². The van der Waals surface area contributed by atoms with E-state index in [1.165, 1.54) is 6.42 Å². The average Bonchev–Trinajstić information content (AvgIpc) is 2.44. The number of rotatable bonds is 3. The van der Waals surface area contributed by atoms with Crippen molar-refractivity contribution in [3.8, 4) is 5.75 Å². The van der Waals surface area contributed by atoms with Crippen LogP contribution in [0.2, 0.25) is 5.02 Å². The summed E-state index contributed by atoms with van der Waals surface area (Å²) in [6.07, 6.45) is 2.96. The van der Waals surface area contributed by atoms with Crippen molar-refractivity contribution in [2.24, 2.45) is 0 Å². The number of hydrogen-bond acceptors (Lipinski definition) is 2. The largest absolute Gasteiger partial charge is 0.481 e. The molecule has 1 heterocycles. The Labute approximate surface area is 125 Å². The van der Waals surface area contributed by atoms with E-state index in [0.717, 1.165) is 42.1 Å². The van der Waals surface area contributed by atoms with Gasteiger partial charge in [0.05, 0.1) is 0 Å². The first-order valence-electron chi connectivity index (χ1n) is 7.21. The van der Waals surface area contributed by atoms with Crippen LogP contribution in [0.4, 0.5) is 0 Å². The molecule has 1 aromatic carbocycles. The van der Waals surface area contributed by atoms with Gasteiger partial charge in [0.15, 0.2) is 6.10 Å². The summed E-state index contributed by atoms with van der Waals surface area (Å²) < 4.78 is 5.80. The molecule has 0 saturated carbocycles. The second-order valence-electron chi connectivity index (χ2n) is 5.52. The number of likely N-dealkylation sites (tertiary alicyclic amines) is 1. The van der Waals surface area contributed by atoms with Gasteiger partial charge in [-0.05, 0) is 63.3 Å². The normalized spacial score (nSPS) is 16.9. The second kappa shape index (κ2) is 6.49. The van der Waals surface area contributed by atoms with Gasteiger partial charge in [0.2, 0.25) is 0 Å². The molecule has 110 valence electrons. The molecule has 0 unspecified atom stereocenters. The third-order valence-corrected chi connectivity index (χ3v) is 4.33. The molecule has 3 nitrogen and oxygen atoms in total. The van der Waals surface area contributed by atoms with Gasteiger partial charge >= 0.3 is 0 Å². The maximum atomic E-state index is 12.3.